The summed E-state index contributed by atoms with van der Waals surface area (Å²) in [5.74, 6) is 1.71. The Bertz CT molecular complexity index is 3060. The molecule has 6 aliphatic heterocycles. The Kier molecular flexibility index (Phi) is 14.5. The van der Waals surface area contributed by atoms with Gasteiger partial charge < -0.3 is 57.5 Å². The molecular weight excluding hydrogens is 1030 g/mol. The summed E-state index contributed by atoms with van der Waals surface area (Å²) in [4.78, 5) is 81.2. The van der Waals surface area contributed by atoms with Crippen LogP contribution in [-0.4, -0.2) is 150 Å². The summed E-state index contributed by atoms with van der Waals surface area (Å²) in [5.41, 5.74) is 5.06. The van der Waals surface area contributed by atoms with Crippen molar-refractivity contribution < 1.29 is 90.3 Å². The van der Waals surface area contributed by atoms with E-state index in [9.17, 15) is 38.5 Å². The van der Waals surface area contributed by atoms with Gasteiger partial charge in [0.15, 0.2) is 12.2 Å². The lowest BCUT2D eigenvalue weighted by Gasteiger charge is -2.31. The quantitative estimate of drug-likeness (QED) is 0.0746. The number of cyclic esters (lactones) is 4. The first kappa shape index (κ1) is 51.3. The maximum absolute atomic E-state index is 12.7. The fourth-order valence-electron chi connectivity index (χ4n) is 8.96. The summed E-state index contributed by atoms with van der Waals surface area (Å²) >= 11 is 0. The summed E-state index contributed by atoms with van der Waals surface area (Å²) in [6.07, 6.45) is -1.89. The smallest absolute Gasteiger partial charge is 0.469 e. The van der Waals surface area contributed by atoms with Crippen LogP contribution in [0.25, 0.3) is 22.3 Å². The first-order valence-electron chi connectivity index (χ1n) is 23.3. The number of benzene rings is 3. The molecule has 5 aromatic rings. The Balaban J connectivity index is 0.000000174. The number of phosphoric acid groups is 1. The van der Waals surface area contributed by atoms with Crippen LogP contribution in [0.3, 0.4) is 0 Å². The Morgan fingerprint density at radius 3 is 1.49 bits per heavy atom. The first-order chi connectivity index (χ1) is 36.0. The minimum absolute atomic E-state index is 0.0276. The van der Waals surface area contributed by atoms with Gasteiger partial charge in [0, 0.05) is 30.2 Å². The van der Waals surface area contributed by atoms with Crippen molar-refractivity contribution in [2.45, 2.75) is 43.1 Å². The summed E-state index contributed by atoms with van der Waals surface area (Å²) in [7, 11) is -8.03. The number of rotatable bonds is 15. The Morgan fingerprint density at radius 2 is 1.05 bits per heavy atom. The number of hydrogen-bond donors (Lipinski definition) is 4. The molecule has 3 aromatic carbocycles. The van der Waals surface area contributed by atoms with E-state index in [-0.39, 0.29) is 58.8 Å². The van der Waals surface area contributed by atoms with E-state index in [1.807, 2.05) is 48.5 Å². The second-order valence-corrected chi connectivity index (χ2v) is 21.0. The van der Waals surface area contributed by atoms with E-state index in [2.05, 4.69) is 14.5 Å². The molecule has 0 bridgehead atoms. The van der Waals surface area contributed by atoms with Gasteiger partial charge in [0.2, 0.25) is 0 Å². The maximum Gasteiger partial charge on any atom is 0.469 e. The molecule has 0 radical (unpaired) electrons. The number of aromatic nitrogens is 2. The predicted octanol–water partition coefficient (Wildman–Crippen LogP) is 5.47. The lowest BCUT2D eigenvalue weighted by molar-refractivity contribution is 0.0732. The van der Waals surface area contributed by atoms with Crippen LogP contribution in [0.4, 0.5) is 42.2 Å². The van der Waals surface area contributed by atoms with E-state index in [1.54, 1.807) is 54.9 Å². The van der Waals surface area contributed by atoms with Gasteiger partial charge in [-0.3, -0.25) is 28.7 Å². The molecule has 2 aromatic heterocycles. The van der Waals surface area contributed by atoms with Crippen molar-refractivity contribution in [1.29, 1.82) is 0 Å². The van der Waals surface area contributed by atoms with Crippen molar-refractivity contribution in [3.8, 4) is 33.8 Å². The van der Waals surface area contributed by atoms with Gasteiger partial charge in [0.05, 0.1) is 57.5 Å². The lowest BCUT2D eigenvalue weighted by atomic mass is 10.0. The number of ether oxygens (including phenoxy) is 6. The van der Waals surface area contributed by atoms with E-state index >= 15 is 0 Å². The Hall–Kier alpha value is -7.18. The molecule has 4 saturated heterocycles. The number of pyridine rings is 2. The molecule has 8 heterocycles. The normalized spacial score (nSPS) is 23.3. The standard InChI is InChI=1S/C28H28N3O9P.C20H20N3O10P/c1-41(35,37-15-18-5-3-2-4-6-18)38-16-21-13-30(27(33)39-21)26-10-8-20(12-29-26)19-7-9-22-24(11-19)36-17-23-25(14-32)40-28(34)31(22)23;24-8-17-15-10-30-16-5-11(1-3-14(16)23(15)20(26)33-17)12-2-4-18(21-6-12)22-7-13(32-19(22)25)9-31-34(27,28)29/h2-12,21,23,25,32H,13-17H2,1H3;1-6,13,15,17,24H,7-10H2,(H2,27,28,29)/t21?,23-,25-,41?;13?,15-,17-/m00/s1. The van der Waals surface area contributed by atoms with Gasteiger partial charge in [-0.05, 0) is 65.2 Å². The molecule has 7 atom stereocenters. The number of amides is 4. The monoisotopic (exact) mass is 1070 g/mol. The minimum Gasteiger partial charge on any atom is -0.489 e. The zero-order chi connectivity index (χ0) is 52.6. The van der Waals surface area contributed by atoms with Gasteiger partial charge in [0.25, 0.3) is 0 Å². The van der Waals surface area contributed by atoms with Crippen molar-refractivity contribution in [3.05, 3.63) is 109 Å². The molecular formula is C48H48N6O19P2. The molecule has 75 heavy (non-hydrogen) atoms. The number of phosphoric ester groups is 1. The van der Waals surface area contributed by atoms with Gasteiger partial charge in [-0.25, -0.2) is 33.7 Å². The Labute approximate surface area is 426 Å². The largest absolute Gasteiger partial charge is 0.489 e. The van der Waals surface area contributed by atoms with Gasteiger partial charge in [0.1, 0.15) is 60.6 Å². The van der Waals surface area contributed by atoms with Crippen LogP contribution in [0.15, 0.2) is 103 Å². The average Bonchev–Trinajstić information content (AvgIpc) is 4.18. The molecule has 394 valence electrons. The van der Waals surface area contributed by atoms with E-state index in [0.717, 1.165) is 27.8 Å². The van der Waals surface area contributed by atoms with Crippen LogP contribution in [0, 0.1) is 0 Å². The van der Waals surface area contributed by atoms with Crippen molar-refractivity contribution in [3.63, 3.8) is 0 Å². The summed E-state index contributed by atoms with van der Waals surface area (Å²) in [6.45, 7) is 1.05. The van der Waals surface area contributed by atoms with Gasteiger partial charge >= 0.3 is 39.8 Å². The number of fused-ring (bicyclic) bond motifs is 6. The molecule has 27 heteroatoms. The van der Waals surface area contributed by atoms with Gasteiger partial charge in [-0.1, -0.05) is 42.5 Å². The topological polar surface area (TPSA) is 305 Å². The molecule has 6 aliphatic rings. The number of hydrogen-bond acceptors (Lipinski definition) is 19. The molecule has 0 aliphatic carbocycles. The van der Waals surface area contributed by atoms with Crippen LogP contribution < -0.4 is 29.1 Å². The van der Waals surface area contributed by atoms with Gasteiger partial charge in [-0.2, -0.15) is 0 Å². The minimum atomic E-state index is -4.67. The van der Waals surface area contributed by atoms with E-state index < -0.39 is 76.9 Å². The van der Waals surface area contributed by atoms with E-state index in [1.165, 1.54) is 26.3 Å². The SMILES string of the molecule is CP(=O)(OCc1ccccc1)OCC1CN(c2ccc(-c3ccc4c(c3)OC[C@H]3[C@H](CO)OC(=O)N43)cn2)C(=O)O1.O=C1OC(COP(=O)(O)O)CN1c1ccc(-c2ccc3c(c2)OC[C@H]2[C@H](CO)OC(=O)N32)cn1. The third-order valence-corrected chi connectivity index (χ3v) is 14.4. The zero-order valence-electron chi connectivity index (χ0n) is 39.6. The summed E-state index contributed by atoms with van der Waals surface area (Å²) in [5, 5.41) is 18.9. The first-order valence-corrected chi connectivity index (χ1v) is 26.8. The van der Waals surface area contributed by atoms with E-state index in [4.69, 9.17) is 47.3 Å². The second-order valence-electron chi connectivity index (χ2n) is 17.7. The fraction of sp³-hybridized carbons (Fsp3) is 0.333. The van der Waals surface area contributed by atoms with Crippen LogP contribution in [0.2, 0.25) is 0 Å². The third-order valence-electron chi connectivity index (χ3n) is 12.7. The third kappa shape index (κ3) is 11.1. The highest BCUT2D eigenvalue weighted by atomic mass is 31.2. The molecule has 4 fully saturated rings. The number of nitrogens with zero attached hydrogens (tertiary/aromatic N) is 6. The fourth-order valence-corrected chi connectivity index (χ4v) is 10.2. The highest BCUT2D eigenvalue weighted by Gasteiger charge is 2.48. The summed E-state index contributed by atoms with van der Waals surface area (Å²) in [6, 6.07) is 26.1. The van der Waals surface area contributed by atoms with Crippen molar-refractivity contribution in [1.82, 2.24) is 9.97 Å². The van der Waals surface area contributed by atoms with Crippen LogP contribution >= 0.6 is 15.4 Å². The number of carbonyl (C=O) groups is 4. The van der Waals surface area contributed by atoms with Crippen LogP contribution in [-0.2, 0) is 48.3 Å². The predicted molar refractivity (Wildman–Crippen MR) is 262 cm³/mol. The zero-order valence-corrected chi connectivity index (χ0v) is 41.4. The number of aliphatic hydroxyl groups is 2. The number of carbonyl (C=O) groups excluding carboxylic acids is 4. The molecule has 3 unspecified atom stereocenters. The van der Waals surface area contributed by atoms with Crippen molar-refractivity contribution in [2.75, 3.05) is 79.0 Å². The highest BCUT2D eigenvalue weighted by Crippen LogP contribution is 2.46. The van der Waals surface area contributed by atoms with Crippen LogP contribution in [0.5, 0.6) is 11.5 Å². The maximum atomic E-state index is 12.7. The lowest BCUT2D eigenvalue weighted by Crippen LogP contribution is -2.45. The summed E-state index contributed by atoms with van der Waals surface area (Å²) < 4.78 is 71.5. The highest BCUT2D eigenvalue weighted by molar-refractivity contribution is 7.52. The Morgan fingerprint density at radius 1 is 0.587 bits per heavy atom. The van der Waals surface area contributed by atoms with E-state index in [0.29, 0.717) is 34.5 Å². The molecule has 0 saturated carbocycles. The van der Waals surface area contributed by atoms with Crippen molar-refractivity contribution in [2.24, 2.45) is 0 Å². The van der Waals surface area contributed by atoms with Crippen molar-refractivity contribution >= 4 is 62.8 Å². The number of anilines is 4. The molecule has 0 spiro atoms. The molecule has 4 amide bonds. The number of aliphatic hydroxyl groups excluding tert-OH is 2. The molecule has 11 rings (SSSR count). The van der Waals surface area contributed by atoms with Gasteiger partial charge in [-0.15, -0.1) is 0 Å². The second kappa shape index (κ2) is 21.2. The molecule has 25 nitrogen and oxygen atoms in total. The molecule has 4 N–H and O–H groups in total. The van der Waals surface area contributed by atoms with Crippen LogP contribution in [0.1, 0.15) is 5.56 Å². The average molecular weight is 1070 g/mol.